The van der Waals surface area contributed by atoms with E-state index in [0.29, 0.717) is 5.56 Å². The van der Waals surface area contributed by atoms with Crippen LogP contribution in [-0.4, -0.2) is 5.11 Å². The van der Waals surface area contributed by atoms with Crippen molar-refractivity contribution in [3.8, 4) is 16.9 Å². The highest BCUT2D eigenvalue weighted by Crippen LogP contribution is 2.48. The molecule has 0 saturated carbocycles. The number of aromatic hydroxyl groups is 1. The molecule has 0 aliphatic rings. The molecule has 2 nitrogen and oxygen atoms in total. The zero-order valence-corrected chi connectivity index (χ0v) is 17.5. The lowest BCUT2D eigenvalue weighted by molar-refractivity contribution is 0.470. The summed E-state index contributed by atoms with van der Waals surface area (Å²) in [7, 11) is -2.97. The minimum Gasteiger partial charge on any atom is -0.508 e. The van der Waals surface area contributed by atoms with Crippen molar-refractivity contribution in [1.82, 2.24) is 0 Å². The van der Waals surface area contributed by atoms with Crippen LogP contribution in [0.2, 0.25) is 0 Å². The first kappa shape index (κ1) is 19.9. The monoisotopic (exact) mass is 410 g/mol. The Labute approximate surface area is 177 Å². The van der Waals surface area contributed by atoms with Gasteiger partial charge in [-0.3, -0.25) is 0 Å². The van der Waals surface area contributed by atoms with Crippen LogP contribution in [-0.2, 0) is 10.7 Å². The smallest absolute Gasteiger partial charge is 0.147 e. The van der Waals surface area contributed by atoms with Crippen LogP contribution < -0.4 is 10.6 Å². The van der Waals surface area contributed by atoms with Crippen LogP contribution in [0, 0.1) is 0 Å². The number of phenolic OH excluding ortho intramolecular Hbond substituents is 1. The molecule has 30 heavy (non-hydrogen) atoms. The van der Waals surface area contributed by atoms with E-state index >= 15 is 0 Å². The maximum absolute atomic E-state index is 14.3. The fourth-order valence-electron chi connectivity index (χ4n) is 3.61. The van der Waals surface area contributed by atoms with E-state index in [9.17, 15) is 9.67 Å². The van der Waals surface area contributed by atoms with E-state index in [0.717, 1.165) is 27.3 Å². The summed E-state index contributed by atoms with van der Waals surface area (Å²) in [4.78, 5) is 0. The van der Waals surface area contributed by atoms with Gasteiger partial charge in [0.2, 0.25) is 0 Å². The van der Waals surface area contributed by atoms with Gasteiger partial charge >= 0.3 is 0 Å². The van der Waals surface area contributed by atoms with Crippen molar-refractivity contribution >= 4 is 23.8 Å². The van der Waals surface area contributed by atoms with Crippen molar-refractivity contribution in [3.05, 3.63) is 121 Å². The average molecular weight is 410 g/mol. The first-order valence-corrected chi connectivity index (χ1v) is 11.7. The van der Waals surface area contributed by atoms with Crippen LogP contribution in [0.25, 0.3) is 17.2 Å². The maximum Gasteiger partial charge on any atom is 0.147 e. The Morgan fingerprint density at radius 2 is 1.27 bits per heavy atom. The number of hydrogen-bond acceptors (Lipinski definition) is 2. The Morgan fingerprint density at radius 3 is 1.80 bits per heavy atom. The van der Waals surface area contributed by atoms with Crippen molar-refractivity contribution in [3.63, 3.8) is 0 Å². The van der Waals surface area contributed by atoms with Gasteiger partial charge in [-0.2, -0.15) is 0 Å². The van der Waals surface area contributed by atoms with Crippen LogP contribution >= 0.6 is 7.14 Å². The molecule has 0 aliphatic heterocycles. The van der Waals surface area contributed by atoms with Crippen molar-refractivity contribution in [2.75, 3.05) is 0 Å². The standard InChI is InChI=1S/C27H23O2P/c1-2-21-13-15-22(16-14-21)23-17-18-27(28)24(19-23)20-30(29,25-9-5-3-6-10-25)26-11-7-4-8-12-26/h2-19,28H,1,20H2. The number of rotatable bonds is 6. The highest BCUT2D eigenvalue weighted by Gasteiger charge is 2.28. The molecule has 0 atom stereocenters. The average Bonchev–Trinajstić information content (AvgIpc) is 2.81. The van der Waals surface area contributed by atoms with Gasteiger partial charge in [-0.05, 0) is 28.8 Å². The molecular weight excluding hydrogens is 387 g/mol. The maximum atomic E-state index is 14.3. The van der Waals surface area contributed by atoms with E-state index < -0.39 is 7.14 Å². The molecule has 0 radical (unpaired) electrons. The Morgan fingerprint density at radius 1 is 0.733 bits per heavy atom. The Balaban J connectivity index is 1.78. The third-order valence-electron chi connectivity index (χ3n) is 5.30. The van der Waals surface area contributed by atoms with Gasteiger partial charge < -0.3 is 9.67 Å². The van der Waals surface area contributed by atoms with E-state index in [-0.39, 0.29) is 11.9 Å². The number of benzene rings is 4. The molecule has 0 saturated heterocycles. The summed E-state index contributed by atoms with van der Waals surface area (Å²) in [6.07, 6.45) is 2.06. The Kier molecular flexibility index (Phi) is 5.70. The Bertz CT molecular complexity index is 1150. The van der Waals surface area contributed by atoms with Crippen molar-refractivity contribution in [2.45, 2.75) is 6.16 Å². The Hall–Kier alpha value is -3.35. The molecule has 4 aromatic carbocycles. The van der Waals surface area contributed by atoms with E-state index in [1.54, 1.807) is 6.07 Å². The summed E-state index contributed by atoms with van der Waals surface area (Å²) in [5.74, 6) is 0.161. The highest BCUT2D eigenvalue weighted by molar-refractivity contribution is 7.78. The highest BCUT2D eigenvalue weighted by atomic mass is 31.2. The van der Waals surface area contributed by atoms with Gasteiger partial charge in [0.25, 0.3) is 0 Å². The van der Waals surface area contributed by atoms with E-state index in [1.165, 1.54) is 0 Å². The number of phenols is 1. The lowest BCUT2D eigenvalue weighted by Gasteiger charge is -2.20. The van der Waals surface area contributed by atoms with E-state index in [1.807, 2.05) is 103 Å². The molecule has 4 aromatic rings. The largest absolute Gasteiger partial charge is 0.508 e. The fourth-order valence-corrected chi connectivity index (χ4v) is 6.32. The molecule has 0 unspecified atom stereocenters. The summed E-state index contributed by atoms with van der Waals surface area (Å²) in [5.41, 5.74) is 3.74. The summed E-state index contributed by atoms with van der Waals surface area (Å²) >= 11 is 0. The van der Waals surface area contributed by atoms with Crippen molar-refractivity contribution in [2.24, 2.45) is 0 Å². The third kappa shape index (κ3) is 4.01. The topological polar surface area (TPSA) is 37.3 Å². The summed E-state index contributed by atoms with van der Waals surface area (Å²) in [6.45, 7) is 3.79. The quantitative estimate of drug-likeness (QED) is 0.383. The minimum atomic E-state index is -2.97. The van der Waals surface area contributed by atoms with Gasteiger partial charge in [0.05, 0.1) is 0 Å². The molecule has 0 fully saturated rings. The van der Waals surface area contributed by atoms with Gasteiger partial charge in [0, 0.05) is 22.3 Å². The SMILES string of the molecule is C=Cc1ccc(-c2ccc(O)c(CP(=O)(c3ccccc3)c3ccccc3)c2)cc1. The molecular formula is C27H23O2P. The van der Waals surface area contributed by atoms with Crippen LogP contribution in [0.15, 0.2) is 110 Å². The molecule has 3 heteroatoms. The third-order valence-corrected chi connectivity index (χ3v) is 8.35. The lowest BCUT2D eigenvalue weighted by atomic mass is 10.0. The van der Waals surface area contributed by atoms with Crippen molar-refractivity contribution in [1.29, 1.82) is 0 Å². The summed E-state index contributed by atoms with van der Waals surface area (Å²) in [5, 5.41) is 12.2. The molecule has 0 aliphatic carbocycles. The lowest BCUT2D eigenvalue weighted by Crippen LogP contribution is -2.17. The van der Waals surface area contributed by atoms with Crippen LogP contribution in [0.5, 0.6) is 5.75 Å². The van der Waals surface area contributed by atoms with E-state index in [2.05, 4.69) is 6.58 Å². The zero-order chi connectivity index (χ0) is 21.0. The second-order valence-electron chi connectivity index (χ2n) is 7.24. The van der Waals surface area contributed by atoms with Gasteiger partial charge in [0.1, 0.15) is 12.9 Å². The van der Waals surface area contributed by atoms with Gasteiger partial charge in [0.15, 0.2) is 0 Å². The van der Waals surface area contributed by atoms with E-state index in [4.69, 9.17) is 0 Å². The second kappa shape index (κ2) is 8.57. The molecule has 0 aromatic heterocycles. The van der Waals surface area contributed by atoms with Crippen LogP contribution in [0.3, 0.4) is 0 Å². The number of hydrogen-bond donors (Lipinski definition) is 1. The molecule has 0 bridgehead atoms. The molecule has 4 rings (SSSR count). The molecule has 1 N–H and O–H groups in total. The molecule has 0 spiro atoms. The first-order chi connectivity index (χ1) is 14.6. The van der Waals surface area contributed by atoms with Crippen LogP contribution in [0.1, 0.15) is 11.1 Å². The van der Waals surface area contributed by atoms with Crippen LogP contribution in [0.4, 0.5) is 0 Å². The molecule has 0 heterocycles. The second-order valence-corrected chi connectivity index (χ2v) is 10.1. The van der Waals surface area contributed by atoms with Gasteiger partial charge in [-0.1, -0.05) is 104 Å². The van der Waals surface area contributed by atoms with Gasteiger partial charge in [-0.25, -0.2) is 0 Å². The fraction of sp³-hybridized carbons (Fsp3) is 0.0370. The summed E-state index contributed by atoms with van der Waals surface area (Å²) in [6, 6.07) is 32.7. The normalized spacial score (nSPS) is 11.2. The summed E-state index contributed by atoms with van der Waals surface area (Å²) < 4.78 is 14.3. The minimum absolute atomic E-state index is 0.161. The molecule has 0 amide bonds. The van der Waals surface area contributed by atoms with Crippen molar-refractivity contribution < 1.29 is 9.67 Å². The predicted molar refractivity (Wildman–Crippen MR) is 127 cm³/mol. The predicted octanol–water partition coefficient (Wildman–Crippen LogP) is 6.22. The first-order valence-electron chi connectivity index (χ1n) is 9.85. The molecule has 148 valence electrons. The van der Waals surface area contributed by atoms with Gasteiger partial charge in [-0.15, -0.1) is 0 Å². The zero-order valence-electron chi connectivity index (χ0n) is 16.6.